The summed E-state index contributed by atoms with van der Waals surface area (Å²) in [6.07, 6.45) is -32.7. The Kier molecular flexibility index (Phi) is 21.3. The molecular weight excluding hydrogens is 1140 g/mol. The fraction of sp³-hybridized carbons (Fsp3) is 0.966. The van der Waals surface area contributed by atoms with Crippen LogP contribution in [0.3, 0.4) is 0 Å². The van der Waals surface area contributed by atoms with Crippen LogP contribution in [0.2, 0.25) is 0 Å². The summed E-state index contributed by atoms with van der Waals surface area (Å²) in [6.45, 7) is 14.1. The summed E-state index contributed by atoms with van der Waals surface area (Å²) >= 11 is 0. The molecule has 17 N–H and O–H groups in total. The lowest BCUT2D eigenvalue weighted by molar-refractivity contribution is -0.378. The lowest BCUT2D eigenvalue weighted by atomic mass is 9.35. The van der Waals surface area contributed by atoms with Crippen molar-refractivity contribution >= 4 is 0 Å². The van der Waals surface area contributed by atoms with Crippen LogP contribution in [0.25, 0.3) is 0 Å². The van der Waals surface area contributed by atoms with E-state index in [4.69, 9.17) is 47.4 Å². The highest BCUT2D eigenvalue weighted by Crippen LogP contribution is 2.76. The van der Waals surface area contributed by atoms with Crippen LogP contribution in [-0.2, 0) is 47.4 Å². The van der Waals surface area contributed by atoms with Crippen LogP contribution < -0.4 is 0 Å². The minimum absolute atomic E-state index is 0.00770. The first-order valence-corrected chi connectivity index (χ1v) is 30.8. The highest BCUT2D eigenvalue weighted by atomic mass is 16.8. The zero-order chi connectivity index (χ0) is 63.1. The molecule has 4 aliphatic carbocycles. The van der Waals surface area contributed by atoms with E-state index in [9.17, 15) is 86.8 Å². The Hall–Kier alpha value is -1.34. The van der Waals surface area contributed by atoms with Crippen molar-refractivity contribution in [3.63, 3.8) is 0 Å². The minimum Gasteiger partial charge on any atom is -0.394 e. The van der Waals surface area contributed by atoms with Crippen molar-refractivity contribution in [2.75, 3.05) is 33.0 Å². The zero-order valence-electron chi connectivity index (χ0n) is 50.5. The largest absolute Gasteiger partial charge is 0.394 e. The van der Waals surface area contributed by atoms with Gasteiger partial charge in [-0.15, -0.1) is 0 Å². The van der Waals surface area contributed by atoms with Crippen LogP contribution in [0, 0.1) is 45.3 Å². The molecule has 27 heteroatoms. The molecule has 5 heterocycles. The molecular formula is C59H100O27. The molecule has 9 fully saturated rings. The van der Waals surface area contributed by atoms with Crippen LogP contribution in [0.15, 0.2) is 11.6 Å². The van der Waals surface area contributed by atoms with Gasteiger partial charge in [-0.05, 0) is 124 Å². The van der Waals surface area contributed by atoms with Gasteiger partial charge in [-0.3, -0.25) is 0 Å². The molecule has 5 aliphatic heterocycles. The molecule has 0 unspecified atom stereocenters. The van der Waals surface area contributed by atoms with E-state index in [1.165, 1.54) is 0 Å². The monoisotopic (exact) mass is 1240 g/mol. The first-order valence-electron chi connectivity index (χ1n) is 30.8. The van der Waals surface area contributed by atoms with Gasteiger partial charge in [0, 0.05) is 0 Å². The molecule has 34 atom stereocenters. The van der Waals surface area contributed by atoms with Crippen molar-refractivity contribution in [3.8, 4) is 0 Å². The summed E-state index contributed by atoms with van der Waals surface area (Å²) < 4.78 is 60.3. The number of allylic oxidation sites excluding steroid dienone is 2. The summed E-state index contributed by atoms with van der Waals surface area (Å²) in [7, 11) is 0. The highest BCUT2D eigenvalue weighted by Gasteiger charge is 2.72. The van der Waals surface area contributed by atoms with Gasteiger partial charge in [-0.25, -0.2) is 0 Å². The highest BCUT2D eigenvalue weighted by molar-refractivity contribution is 5.21. The van der Waals surface area contributed by atoms with Gasteiger partial charge in [0.15, 0.2) is 31.5 Å². The summed E-state index contributed by atoms with van der Waals surface area (Å²) in [4.78, 5) is 0. The molecule has 4 saturated carbocycles. The average molecular weight is 1240 g/mol. The van der Waals surface area contributed by atoms with Gasteiger partial charge in [0.05, 0.1) is 50.8 Å². The first kappa shape index (κ1) is 69.0. The number of hydrogen-bond donors (Lipinski definition) is 17. The molecule has 5 saturated heterocycles. The molecule has 498 valence electrons. The second-order valence-corrected chi connectivity index (χ2v) is 28.1. The molecule has 0 amide bonds. The predicted molar refractivity (Wildman–Crippen MR) is 293 cm³/mol. The fourth-order valence-electron chi connectivity index (χ4n) is 17.4. The lowest BCUT2D eigenvalue weighted by Gasteiger charge is -2.71. The number of fused-ring (bicyclic) bond motifs is 5. The Morgan fingerprint density at radius 3 is 1.63 bits per heavy atom. The molecule has 0 bridgehead atoms. The number of rotatable bonds is 18. The van der Waals surface area contributed by atoms with Crippen molar-refractivity contribution in [2.45, 2.75) is 278 Å². The Morgan fingerprint density at radius 1 is 0.512 bits per heavy atom. The smallest absolute Gasteiger partial charge is 0.187 e. The normalized spacial score (nSPS) is 52.9. The van der Waals surface area contributed by atoms with Crippen molar-refractivity contribution < 1.29 is 134 Å². The van der Waals surface area contributed by atoms with Gasteiger partial charge >= 0.3 is 0 Å². The minimum atomic E-state index is -1.84. The maximum atomic E-state index is 12.9. The first-order chi connectivity index (χ1) is 40.3. The van der Waals surface area contributed by atoms with Crippen LogP contribution in [0.4, 0.5) is 0 Å². The molecule has 0 spiro atoms. The average Bonchev–Trinajstić information content (AvgIpc) is 1.22. The van der Waals surface area contributed by atoms with E-state index in [1.807, 2.05) is 20.8 Å². The summed E-state index contributed by atoms with van der Waals surface area (Å²) in [6, 6.07) is 0. The van der Waals surface area contributed by atoms with Gasteiger partial charge in [0.1, 0.15) is 116 Å². The summed E-state index contributed by atoms with van der Waals surface area (Å²) in [5, 5.41) is 185. The molecule has 0 radical (unpaired) electrons. The lowest BCUT2D eigenvalue weighted by Crippen LogP contribution is -2.68. The Morgan fingerprint density at radius 2 is 1.02 bits per heavy atom. The molecule has 0 aromatic carbocycles. The third-order valence-corrected chi connectivity index (χ3v) is 22.6. The van der Waals surface area contributed by atoms with Crippen LogP contribution in [0.1, 0.15) is 113 Å². The molecule has 9 aliphatic rings. The number of aliphatic hydroxyl groups is 17. The third-order valence-electron chi connectivity index (χ3n) is 22.6. The summed E-state index contributed by atoms with van der Waals surface area (Å²) in [5.74, 6) is -0.613. The van der Waals surface area contributed by atoms with E-state index in [1.54, 1.807) is 0 Å². The predicted octanol–water partition coefficient (Wildman–Crippen LogP) is -3.74. The van der Waals surface area contributed by atoms with Crippen LogP contribution in [0.5, 0.6) is 0 Å². The third kappa shape index (κ3) is 12.4. The number of aliphatic hydroxyl groups excluding tert-OH is 17. The van der Waals surface area contributed by atoms with Gasteiger partial charge in [-0.1, -0.05) is 46.3 Å². The summed E-state index contributed by atoms with van der Waals surface area (Å²) in [5.41, 5.74) is -1.79. The molecule has 0 aromatic rings. The zero-order valence-corrected chi connectivity index (χ0v) is 50.5. The molecule has 0 aromatic heterocycles. The Labute approximate surface area is 501 Å². The van der Waals surface area contributed by atoms with Gasteiger partial charge < -0.3 is 134 Å². The van der Waals surface area contributed by atoms with Crippen LogP contribution >= 0.6 is 0 Å². The van der Waals surface area contributed by atoms with Crippen molar-refractivity contribution in [1.29, 1.82) is 0 Å². The van der Waals surface area contributed by atoms with E-state index >= 15 is 0 Å². The van der Waals surface area contributed by atoms with Gasteiger partial charge in [0.25, 0.3) is 0 Å². The Bertz CT molecular complexity index is 2260. The van der Waals surface area contributed by atoms with Gasteiger partial charge in [0.2, 0.25) is 0 Å². The maximum absolute atomic E-state index is 12.9. The quantitative estimate of drug-likeness (QED) is 0.0463. The van der Waals surface area contributed by atoms with E-state index in [0.717, 1.165) is 24.8 Å². The van der Waals surface area contributed by atoms with Gasteiger partial charge in [-0.2, -0.15) is 0 Å². The van der Waals surface area contributed by atoms with E-state index in [2.05, 4.69) is 40.7 Å². The second-order valence-electron chi connectivity index (χ2n) is 28.1. The standard InChI is InChI=1S/C59H100O27/c1-24(2)10-9-14-59(8,86-53-48(76)43(71)40(68)31(83-53)23-79-51-46(74)42(70)39(67)30(82-51)22-78-50-45(73)36(64)27(63)21-77-50)25-11-16-58(7)35(25)26(62)18-33-56(5)15-13-34(55(3,4)32(56)12-17-57(33,58)6)84-54-49(44(72)38(66)29(20-61)81-54)85-52-47(75)41(69)37(65)28(19-60)80-52/h10,25-54,60-76H,9,11-23H2,1-8H3/t25-,26+,27+,28+,29+,30+,31+,32-,33+,34-,35-,36-,37+,38+,39+,40+,41-,42-,43-,44-,45+,46+,47+,48+,49+,50-,51+,52-,53-,54-,56-,57+,58+,59-/m0/s1. The molecule has 9 rings (SSSR count). The molecule has 86 heavy (non-hydrogen) atoms. The SMILES string of the molecule is CC(C)=CCC[C@](C)(O[C@@H]1O[C@H](CO[C@@H]2O[C@H](CO[C@@H]3OC[C@@H](O)[C@H](O)[C@H]3O)[C@@H](O)[C@H](O)[C@H]2O)[C@@H](O)[C@H](O)[C@H]1O)[C@H]1CC[C@]2(C)[C@@H]1[C@H](O)C[C@@H]1[C@@]3(C)CC[C@H](O[C@@H]4O[C@H](CO)[C@@H](O)[C@H](O)[C@H]4O[C@@H]4O[C@H](CO)[C@@H](O)[C@H](O)[C@H]4O)C(C)(C)[C@@H]3CC[C@]12C. The van der Waals surface area contributed by atoms with E-state index in [-0.39, 0.29) is 41.1 Å². The maximum Gasteiger partial charge on any atom is 0.187 e. The molecule has 27 nitrogen and oxygen atoms in total. The topological polar surface area (TPSA) is 436 Å². The van der Waals surface area contributed by atoms with E-state index in [0.29, 0.717) is 38.5 Å². The van der Waals surface area contributed by atoms with E-state index < -0.39 is 202 Å². The number of ether oxygens (including phenoxy) is 10. The Balaban J connectivity index is 0.902. The fourth-order valence-corrected chi connectivity index (χ4v) is 17.4. The van der Waals surface area contributed by atoms with Crippen molar-refractivity contribution in [1.82, 2.24) is 0 Å². The van der Waals surface area contributed by atoms with Crippen LogP contribution in [-0.4, -0.2) is 285 Å². The van der Waals surface area contributed by atoms with Crippen molar-refractivity contribution in [3.05, 3.63) is 11.6 Å². The van der Waals surface area contributed by atoms with Crippen molar-refractivity contribution in [2.24, 2.45) is 45.3 Å². The number of hydrogen-bond acceptors (Lipinski definition) is 27. The second kappa shape index (κ2) is 26.6.